The van der Waals surface area contributed by atoms with Gasteiger partial charge in [0.15, 0.2) is 0 Å². The monoisotopic (exact) mass is 467 g/mol. The van der Waals surface area contributed by atoms with Crippen molar-refractivity contribution in [2.24, 2.45) is 5.41 Å². The zero-order valence-corrected chi connectivity index (χ0v) is 19.8. The van der Waals surface area contributed by atoms with E-state index in [1.54, 1.807) is 48.2 Å². The quantitative estimate of drug-likeness (QED) is 0.519. The summed E-state index contributed by atoms with van der Waals surface area (Å²) in [6.07, 6.45) is 0.791. The topological polar surface area (TPSA) is 84.7 Å². The number of anilines is 2. The number of fused-ring (bicyclic) bond motifs is 1. The number of hydrogen-bond donors (Lipinski definition) is 1. The smallest absolute Gasteiger partial charge is 0.261 e. The van der Waals surface area contributed by atoms with Crippen LogP contribution in [0.3, 0.4) is 0 Å². The summed E-state index contributed by atoms with van der Waals surface area (Å²) in [6, 6.07) is 12.4. The van der Waals surface area contributed by atoms with Gasteiger partial charge in [-0.2, -0.15) is 0 Å². The summed E-state index contributed by atoms with van der Waals surface area (Å²) in [4.78, 5) is 28.1. The van der Waals surface area contributed by atoms with E-state index in [1.807, 2.05) is 26.8 Å². The van der Waals surface area contributed by atoms with Gasteiger partial charge in [-0.15, -0.1) is 0 Å². The Kier molecular flexibility index (Phi) is 6.17. The summed E-state index contributed by atoms with van der Waals surface area (Å²) >= 11 is 6.32. The number of aromatic nitrogens is 1. The lowest BCUT2D eigenvalue weighted by atomic mass is 9.93. The minimum Gasteiger partial charge on any atom is -0.490 e. The van der Waals surface area contributed by atoms with Crippen molar-refractivity contribution < 1.29 is 18.8 Å². The van der Waals surface area contributed by atoms with Gasteiger partial charge < -0.3 is 19.5 Å². The van der Waals surface area contributed by atoms with Gasteiger partial charge in [-0.05, 0) is 51.5 Å². The first-order chi connectivity index (χ1) is 15.7. The van der Waals surface area contributed by atoms with Crippen LogP contribution in [-0.2, 0) is 4.79 Å². The summed E-state index contributed by atoms with van der Waals surface area (Å²) in [5.74, 6) is 0.595. The minimum atomic E-state index is -0.652. The van der Waals surface area contributed by atoms with E-state index in [0.717, 1.165) is 6.42 Å². The molecule has 8 heteroatoms. The fourth-order valence-corrected chi connectivity index (χ4v) is 4.06. The third-order valence-corrected chi connectivity index (χ3v) is 5.92. The van der Waals surface area contributed by atoms with Crippen molar-refractivity contribution in [2.45, 2.75) is 34.1 Å². The summed E-state index contributed by atoms with van der Waals surface area (Å²) < 4.78 is 11.3. The number of aryl methyl sites for hydroxylation is 1. The second kappa shape index (κ2) is 8.90. The van der Waals surface area contributed by atoms with E-state index in [-0.39, 0.29) is 18.4 Å². The van der Waals surface area contributed by atoms with Gasteiger partial charge >= 0.3 is 0 Å². The van der Waals surface area contributed by atoms with Gasteiger partial charge in [0.05, 0.1) is 16.1 Å². The lowest BCUT2D eigenvalue weighted by Gasteiger charge is -2.27. The first-order valence-corrected chi connectivity index (χ1v) is 11.2. The maximum Gasteiger partial charge on any atom is 0.261 e. The first kappa shape index (κ1) is 22.9. The highest BCUT2D eigenvalue weighted by molar-refractivity contribution is 6.33. The zero-order chi connectivity index (χ0) is 23.8. The number of hydrogen-bond acceptors (Lipinski definition) is 5. The first-order valence-electron chi connectivity index (χ1n) is 10.8. The molecule has 1 aliphatic rings. The molecule has 172 valence electrons. The molecule has 2 amide bonds. The van der Waals surface area contributed by atoms with E-state index < -0.39 is 5.41 Å². The highest BCUT2D eigenvalue weighted by atomic mass is 35.5. The highest BCUT2D eigenvalue weighted by Crippen LogP contribution is 2.39. The number of carbonyl (C=O) groups excluding carboxylic acids is 2. The molecule has 0 saturated heterocycles. The zero-order valence-electron chi connectivity index (χ0n) is 19.1. The third-order valence-electron chi connectivity index (χ3n) is 5.59. The Hall–Kier alpha value is -3.32. The number of nitrogens with one attached hydrogen (secondary N) is 1. The van der Waals surface area contributed by atoms with Crippen LogP contribution in [0.1, 0.15) is 43.3 Å². The molecule has 0 atom stereocenters. The average molecular weight is 468 g/mol. The van der Waals surface area contributed by atoms with Crippen molar-refractivity contribution in [3.63, 3.8) is 0 Å². The molecular weight excluding hydrogens is 442 g/mol. The number of amides is 2. The Morgan fingerprint density at radius 1 is 1.24 bits per heavy atom. The van der Waals surface area contributed by atoms with Gasteiger partial charge in [-0.3, -0.25) is 9.59 Å². The van der Waals surface area contributed by atoms with Crippen LogP contribution in [0.5, 0.6) is 5.75 Å². The molecule has 0 radical (unpaired) electrons. The molecule has 1 aromatic heterocycles. The van der Waals surface area contributed by atoms with Gasteiger partial charge in [-0.1, -0.05) is 41.9 Å². The van der Waals surface area contributed by atoms with Crippen LogP contribution in [0.25, 0.3) is 11.3 Å². The Balaban J connectivity index is 1.68. The van der Waals surface area contributed by atoms with Crippen LogP contribution in [0.2, 0.25) is 5.02 Å². The number of benzene rings is 2. The Bertz CT molecular complexity index is 1220. The van der Waals surface area contributed by atoms with Crippen LogP contribution >= 0.6 is 11.6 Å². The summed E-state index contributed by atoms with van der Waals surface area (Å²) in [5.41, 5.74) is 1.80. The van der Waals surface area contributed by atoms with Crippen LogP contribution in [0.4, 0.5) is 11.4 Å². The van der Waals surface area contributed by atoms with Crippen molar-refractivity contribution in [3.05, 3.63) is 58.8 Å². The van der Waals surface area contributed by atoms with Crippen molar-refractivity contribution in [1.29, 1.82) is 0 Å². The van der Waals surface area contributed by atoms with E-state index in [0.29, 0.717) is 51.3 Å². The molecule has 33 heavy (non-hydrogen) atoms. The second-order valence-corrected chi connectivity index (χ2v) is 9.12. The summed E-state index contributed by atoms with van der Waals surface area (Å²) in [6.45, 7) is 8.28. The van der Waals surface area contributed by atoms with E-state index in [1.165, 1.54) is 0 Å². The highest BCUT2D eigenvalue weighted by Gasteiger charge is 2.37. The molecule has 1 N–H and O–H groups in total. The van der Waals surface area contributed by atoms with Gasteiger partial charge in [0.2, 0.25) is 5.91 Å². The Morgan fingerprint density at radius 2 is 2.00 bits per heavy atom. The normalized spacial score (nSPS) is 14.9. The van der Waals surface area contributed by atoms with Crippen LogP contribution < -0.4 is 15.0 Å². The SMILES string of the molecule is CCCN1C(=O)C(C)(C)COc2ccc(NC(=O)c3c(-c4ccccc4Cl)noc3C)cc21. The van der Waals surface area contributed by atoms with Crippen LogP contribution in [-0.4, -0.2) is 30.1 Å². The van der Waals surface area contributed by atoms with Crippen molar-refractivity contribution in [3.8, 4) is 17.0 Å². The molecule has 0 saturated carbocycles. The number of carbonyl (C=O) groups is 2. The number of halogens is 1. The Labute approximate surface area is 197 Å². The molecule has 0 aliphatic carbocycles. The second-order valence-electron chi connectivity index (χ2n) is 8.71. The predicted octanol–water partition coefficient (Wildman–Crippen LogP) is 5.72. The molecule has 0 fully saturated rings. The van der Waals surface area contributed by atoms with E-state index >= 15 is 0 Å². The Morgan fingerprint density at radius 3 is 2.73 bits per heavy atom. The van der Waals surface area contributed by atoms with Gasteiger partial charge in [0, 0.05) is 17.8 Å². The molecule has 0 spiro atoms. The average Bonchev–Trinajstić information content (AvgIpc) is 3.13. The largest absolute Gasteiger partial charge is 0.490 e. The molecular formula is C25H26ClN3O4. The molecule has 0 bridgehead atoms. The molecule has 0 unspecified atom stereocenters. The lowest BCUT2D eigenvalue weighted by Crippen LogP contribution is -2.42. The van der Waals surface area contributed by atoms with Gasteiger partial charge in [0.25, 0.3) is 5.91 Å². The summed E-state index contributed by atoms with van der Waals surface area (Å²) in [7, 11) is 0. The van der Waals surface area contributed by atoms with Crippen molar-refractivity contribution >= 4 is 34.8 Å². The van der Waals surface area contributed by atoms with Gasteiger partial charge in [0.1, 0.15) is 29.4 Å². The van der Waals surface area contributed by atoms with Crippen molar-refractivity contribution in [1.82, 2.24) is 5.16 Å². The fraction of sp³-hybridized carbons (Fsp3) is 0.320. The number of rotatable bonds is 5. The molecule has 7 nitrogen and oxygen atoms in total. The van der Waals surface area contributed by atoms with Crippen molar-refractivity contribution in [2.75, 3.05) is 23.4 Å². The molecule has 2 heterocycles. The van der Waals surface area contributed by atoms with Crippen LogP contribution in [0.15, 0.2) is 47.0 Å². The molecule has 2 aromatic carbocycles. The molecule has 3 aromatic rings. The lowest BCUT2D eigenvalue weighted by molar-refractivity contribution is -0.127. The van der Waals surface area contributed by atoms with E-state index in [9.17, 15) is 9.59 Å². The third kappa shape index (κ3) is 4.33. The molecule has 4 rings (SSSR count). The maximum absolute atomic E-state index is 13.2. The standard InChI is InChI=1S/C25H26ClN3O4/c1-5-12-29-19-13-16(10-11-20(19)32-14-25(3,4)24(29)31)27-23(30)21-15(2)33-28-22(21)17-8-6-7-9-18(17)26/h6-11,13H,5,12,14H2,1-4H3,(H,27,30). The summed E-state index contributed by atoms with van der Waals surface area (Å²) in [5, 5.41) is 7.44. The predicted molar refractivity (Wildman–Crippen MR) is 128 cm³/mol. The number of ether oxygens (including phenoxy) is 1. The fourth-order valence-electron chi connectivity index (χ4n) is 3.84. The minimum absolute atomic E-state index is 0.0116. The number of nitrogens with zero attached hydrogens (tertiary/aromatic N) is 2. The van der Waals surface area contributed by atoms with E-state index in [2.05, 4.69) is 10.5 Å². The molecule has 1 aliphatic heterocycles. The maximum atomic E-state index is 13.2. The van der Waals surface area contributed by atoms with E-state index in [4.69, 9.17) is 20.9 Å². The van der Waals surface area contributed by atoms with Gasteiger partial charge in [-0.25, -0.2) is 0 Å². The van der Waals surface area contributed by atoms with Crippen LogP contribution in [0, 0.1) is 12.3 Å².